The molecule has 0 atom stereocenters. The lowest BCUT2D eigenvalue weighted by Crippen LogP contribution is -2.39. The first-order valence-corrected chi connectivity index (χ1v) is 7.12. The van der Waals surface area contributed by atoms with Crippen LogP contribution in [-0.2, 0) is 4.79 Å². The van der Waals surface area contributed by atoms with E-state index in [1.165, 1.54) is 12.1 Å². The summed E-state index contributed by atoms with van der Waals surface area (Å²) < 4.78 is 0. The van der Waals surface area contributed by atoms with Crippen LogP contribution in [0.3, 0.4) is 0 Å². The number of halogens is 2. The number of nitrogens with zero attached hydrogens (tertiary/aromatic N) is 2. The highest BCUT2D eigenvalue weighted by Crippen LogP contribution is 2.23. The fourth-order valence-electron chi connectivity index (χ4n) is 2.40. The Morgan fingerprint density at radius 3 is 2.30 bits per heavy atom. The van der Waals surface area contributed by atoms with E-state index in [1.807, 2.05) is 0 Å². The largest absolute Gasteiger partial charge is 0.370 e. The molecule has 0 saturated carbocycles. The quantitative estimate of drug-likeness (QED) is 0.868. The summed E-state index contributed by atoms with van der Waals surface area (Å²) in [5.41, 5.74) is 5.62. The topological polar surface area (TPSA) is 76.3 Å². The monoisotopic (exact) mass is 315 g/mol. The Labute approximate surface area is 127 Å². The van der Waals surface area contributed by atoms with Crippen LogP contribution in [0.15, 0.2) is 12.1 Å². The maximum atomic E-state index is 12.3. The molecule has 0 unspecified atom stereocenters. The van der Waals surface area contributed by atoms with E-state index < -0.39 is 0 Å². The molecule has 0 aliphatic carbocycles. The van der Waals surface area contributed by atoms with E-state index in [9.17, 15) is 9.59 Å². The highest BCUT2D eigenvalue weighted by molar-refractivity contribution is 6.33. The zero-order valence-corrected chi connectivity index (χ0v) is 12.3. The Hall–Kier alpha value is -1.33. The minimum absolute atomic E-state index is 0.117. The Morgan fingerprint density at radius 1 is 1.25 bits per heavy atom. The number of hydrogen-bond acceptors (Lipinski definition) is 3. The molecular formula is C13H15Cl2N3O2. The third-order valence-electron chi connectivity index (χ3n) is 3.40. The van der Waals surface area contributed by atoms with Crippen LogP contribution in [0.2, 0.25) is 10.3 Å². The summed E-state index contributed by atoms with van der Waals surface area (Å²) >= 11 is 11.6. The summed E-state index contributed by atoms with van der Waals surface area (Å²) in [5.74, 6) is -0.141. The Morgan fingerprint density at radius 2 is 1.80 bits per heavy atom. The Balaban J connectivity index is 1.99. The first kappa shape index (κ1) is 15.1. The van der Waals surface area contributed by atoms with Gasteiger partial charge in [0.1, 0.15) is 10.3 Å². The van der Waals surface area contributed by atoms with Crippen molar-refractivity contribution in [1.82, 2.24) is 9.88 Å². The number of aromatic nitrogens is 1. The van der Waals surface area contributed by atoms with Gasteiger partial charge in [-0.3, -0.25) is 9.59 Å². The number of carbonyl (C=O) groups excluding carboxylic acids is 2. The molecule has 0 radical (unpaired) electrons. The van der Waals surface area contributed by atoms with Gasteiger partial charge in [-0.15, -0.1) is 0 Å². The number of primary amides is 1. The Bertz CT molecular complexity index is 508. The van der Waals surface area contributed by atoms with Crippen molar-refractivity contribution < 1.29 is 9.59 Å². The van der Waals surface area contributed by atoms with Gasteiger partial charge in [-0.05, 0) is 30.9 Å². The smallest absolute Gasteiger partial charge is 0.254 e. The molecule has 1 aliphatic heterocycles. The summed E-state index contributed by atoms with van der Waals surface area (Å²) in [4.78, 5) is 28.8. The lowest BCUT2D eigenvalue weighted by Gasteiger charge is -2.31. The van der Waals surface area contributed by atoms with Crippen LogP contribution < -0.4 is 5.73 Å². The van der Waals surface area contributed by atoms with Gasteiger partial charge in [0.25, 0.3) is 5.91 Å². The molecule has 0 bridgehead atoms. The van der Waals surface area contributed by atoms with Crippen molar-refractivity contribution in [3.8, 4) is 0 Å². The number of amides is 2. The van der Waals surface area contributed by atoms with E-state index in [0.717, 1.165) is 12.8 Å². The standard InChI is InChI=1S/C13H15Cl2N3O2/c14-10-6-9(7-11(15)17-10)13(20)18-3-1-8(2-4-18)5-12(16)19/h6-8H,1-5H2,(H2,16,19). The van der Waals surface area contributed by atoms with Crippen molar-refractivity contribution in [3.05, 3.63) is 28.0 Å². The molecule has 5 nitrogen and oxygen atoms in total. The van der Waals surface area contributed by atoms with Crippen molar-refractivity contribution in [2.24, 2.45) is 11.7 Å². The minimum Gasteiger partial charge on any atom is -0.370 e. The molecule has 1 fully saturated rings. The van der Waals surface area contributed by atoms with Crippen molar-refractivity contribution in [2.75, 3.05) is 13.1 Å². The third kappa shape index (κ3) is 3.84. The summed E-state index contributed by atoms with van der Waals surface area (Å²) in [6.07, 6.45) is 1.94. The van der Waals surface area contributed by atoms with Crippen LogP contribution in [0.25, 0.3) is 0 Å². The highest BCUT2D eigenvalue weighted by atomic mass is 35.5. The molecule has 2 N–H and O–H groups in total. The second kappa shape index (κ2) is 6.41. The molecule has 1 aliphatic rings. The van der Waals surface area contributed by atoms with E-state index >= 15 is 0 Å². The number of rotatable bonds is 3. The molecule has 20 heavy (non-hydrogen) atoms. The predicted octanol–water partition coefficient (Wildman–Crippen LogP) is 2.12. The van der Waals surface area contributed by atoms with Crippen LogP contribution in [-0.4, -0.2) is 34.8 Å². The molecule has 7 heteroatoms. The normalized spacial score (nSPS) is 16.2. The molecule has 0 spiro atoms. The maximum Gasteiger partial charge on any atom is 0.254 e. The summed E-state index contributed by atoms with van der Waals surface area (Å²) in [5, 5.41) is 0.397. The number of nitrogens with two attached hydrogens (primary N) is 1. The fraction of sp³-hybridized carbons (Fsp3) is 0.462. The first-order valence-electron chi connectivity index (χ1n) is 6.36. The molecule has 2 rings (SSSR count). The number of likely N-dealkylation sites (tertiary alicyclic amines) is 1. The highest BCUT2D eigenvalue weighted by Gasteiger charge is 2.25. The molecule has 2 amide bonds. The van der Waals surface area contributed by atoms with Gasteiger partial charge in [0, 0.05) is 25.1 Å². The molecule has 1 saturated heterocycles. The predicted molar refractivity (Wildman–Crippen MR) is 76.7 cm³/mol. The van der Waals surface area contributed by atoms with Gasteiger partial charge in [0.2, 0.25) is 5.91 Å². The van der Waals surface area contributed by atoms with E-state index in [1.54, 1.807) is 4.90 Å². The van der Waals surface area contributed by atoms with Crippen LogP contribution in [0.5, 0.6) is 0 Å². The van der Waals surface area contributed by atoms with Gasteiger partial charge in [-0.2, -0.15) is 0 Å². The van der Waals surface area contributed by atoms with Gasteiger partial charge in [-0.1, -0.05) is 23.2 Å². The second-order valence-corrected chi connectivity index (χ2v) is 5.68. The molecule has 1 aromatic rings. The van der Waals surface area contributed by atoms with Crippen molar-refractivity contribution in [1.29, 1.82) is 0 Å². The lowest BCUT2D eigenvalue weighted by molar-refractivity contribution is -0.119. The molecular weight excluding hydrogens is 301 g/mol. The third-order valence-corrected chi connectivity index (χ3v) is 3.79. The summed E-state index contributed by atoms with van der Waals surface area (Å²) in [6, 6.07) is 3.01. The number of carbonyl (C=O) groups is 2. The van der Waals surface area contributed by atoms with E-state index in [2.05, 4.69) is 4.98 Å². The van der Waals surface area contributed by atoms with E-state index in [4.69, 9.17) is 28.9 Å². The Kier molecular flexibility index (Phi) is 4.83. The van der Waals surface area contributed by atoms with Crippen LogP contribution >= 0.6 is 23.2 Å². The van der Waals surface area contributed by atoms with Crippen LogP contribution in [0, 0.1) is 5.92 Å². The number of piperidine rings is 1. The first-order chi connectivity index (χ1) is 9.45. The van der Waals surface area contributed by atoms with Crippen molar-refractivity contribution in [2.45, 2.75) is 19.3 Å². The van der Waals surface area contributed by atoms with Gasteiger partial charge < -0.3 is 10.6 Å². The average molecular weight is 316 g/mol. The van der Waals surface area contributed by atoms with Crippen LogP contribution in [0.1, 0.15) is 29.6 Å². The number of hydrogen-bond donors (Lipinski definition) is 1. The second-order valence-electron chi connectivity index (χ2n) is 4.91. The average Bonchev–Trinajstić information content (AvgIpc) is 2.37. The zero-order chi connectivity index (χ0) is 14.7. The van der Waals surface area contributed by atoms with Crippen molar-refractivity contribution in [3.63, 3.8) is 0 Å². The molecule has 1 aromatic heterocycles. The molecule has 0 aromatic carbocycles. The van der Waals surface area contributed by atoms with E-state index in [0.29, 0.717) is 25.1 Å². The zero-order valence-electron chi connectivity index (χ0n) is 10.8. The molecule has 108 valence electrons. The van der Waals surface area contributed by atoms with Crippen molar-refractivity contribution >= 4 is 35.0 Å². The number of pyridine rings is 1. The van der Waals surface area contributed by atoms with Gasteiger partial charge in [-0.25, -0.2) is 4.98 Å². The van der Waals surface area contributed by atoms with Gasteiger partial charge in [0.05, 0.1) is 0 Å². The molecule has 2 heterocycles. The maximum absolute atomic E-state index is 12.3. The summed E-state index contributed by atoms with van der Waals surface area (Å²) in [7, 11) is 0. The fourth-order valence-corrected chi connectivity index (χ4v) is 2.86. The van der Waals surface area contributed by atoms with Gasteiger partial charge >= 0.3 is 0 Å². The van der Waals surface area contributed by atoms with E-state index in [-0.39, 0.29) is 28.0 Å². The summed E-state index contributed by atoms with van der Waals surface area (Å²) in [6.45, 7) is 1.21. The SMILES string of the molecule is NC(=O)CC1CCN(C(=O)c2cc(Cl)nc(Cl)c2)CC1. The van der Waals surface area contributed by atoms with Crippen LogP contribution in [0.4, 0.5) is 0 Å². The minimum atomic E-state index is -0.289. The lowest BCUT2D eigenvalue weighted by atomic mass is 9.93. The van der Waals surface area contributed by atoms with Gasteiger partial charge in [0.15, 0.2) is 0 Å².